The average molecular weight is 277 g/mol. The van der Waals surface area contributed by atoms with E-state index in [0.29, 0.717) is 11.3 Å². The van der Waals surface area contributed by atoms with Crippen molar-refractivity contribution < 1.29 is 0 Å². The first-order chi connectivity index (χ1) is 9.01. The fourth-order valence-corrected chi connectivity index (χ4v) is 4.83. The monoisotopic (exact) mass is 277 g/mol. The molecule has 1 saturated carbocycles. The van der Waals surface area contributed by atoms with E-state index in [1.807, 2.05) is 0 Å². The summed E-state index contributed by atoms with van der Waals surface area (Å²) >= 11 is 2.08. The third-order valence-corrected chi connectivity index (χ3v) is 6.13. The standard InChI is InChI=1S/C17H27NS/c1-11-6-7-16(13(3)8-11)19-17-14(4)9-12(2)10-15(17)18-5/h6-8,12,14-15,17-18H,9-10H2,1-5H3. The van der Waals surface area contributed by atoms with Gasteiger partial charge in [-0.25, -0.2) is 0 Å². The summed E-state index contributed by atoms with van der Waals surface area (Å²) in [4.78, 5) is 1.46. The fourth-order valence-electron chi connectivity index (χ4n) is 3.39. The van der Waals surface area contributed by atoms with E-state index in [9.17, 15) is 0 Å². The quantitative estimate of drug-likeness (QED) is 0.878. The van der Waals surface area contributed by atoms with E-state index in [4.69, 9.17) is 0 Å². The molecule has 1 aliphatic carbocycles. The lowest BCUT2D eigenvalue weighted by atomic mass is 9.80. The van der Waals surface area contributed by atoms with E-state index in [0.717, 1.165) is 11.8 Å². The van der Waals surface area contributed by atoms with Crippen LogP contribution in [-0.2, 0) is 0 Å². The van der Waals surface area contributed by atoms with Crippen molar-refractivity contribution in [3.8, 4) is 0 Å². The lowest BCUT2D eigenvalue weighted by molar-refractivity contribution is 0.257. The maximum absolute atomic E-state index is 3.55. The molecule has 0 heterocycles. The summed E-state index contributed by atoms with van der Waals surface area (Å²) in [6.45, 7) is 9.21. The Morgan fingerprint density at radius 1 is 1.16 bits per heavy atom. The molecule has 1 N–H and O–H groups in total. The molecule has 2 heteroatoms. The van der Waals surface area contributed by atoms with Gasteiger partial charge in [0.15, 0.2) is 0 Å². The molecule has 0 amide bonds. The number of benzene rings is 1. The zero-order chi connectivity index (χ0) is 14.0. The van der Waals surface area contributed by atoms with Gasteiger partial charge < -0.3 is 5.32 Å². The second-order valence-electron chi connectivity index (χ2n) is 6.30. The Bertz CT molecular complexity index is 429. The van der Waals surface area contributed by atoms with Crippen molar-refractivity contribution in [1.29, 1.82) is 0 Å². The van der Waals surface area contributed by atoms with Gasteiger partial charge in [0.05, 0.1) is 0 Å². The first kappa shape index (κ1) is 14.9. The maximum Gasteiger partial charge on any atom is 0.0274 e. The van der Waals surface area contributed by atoms with Crippen LogP contribution >= 0.6 is 11.8 Å². The number of aryl methyl sites for hydroxylation is 2. The van der Waals surface area contributed by atoms with E-state index < -0.39 is 0 Å². The summed E-state index contributed by atoms with van der Waals surface area (Å²) in [5.74, 6) is 1.63. The fraction of sp³-hybridized carbons (Fsp3) is 0.647. The molecule has 1 aromatic rings. The normalized spacial score (nSPS) is 31.4. The zero-order valence-corrected chi connectivity index (χ0v) is 13.7. The molecule has 1 aromatic carbocycles. The Balaban J connectivity index is 2.15. The first-order valence-corrected chi connectivity index (χ1v) is 8.30. The minimum atomic E-state index is 0.643. The van der Waals surface area contributed by atoms with Gasteiger partial charge in [-0.3, -0.25) is 0 Å². The van der Waals surface area contributed by atoms with Crippen molar-refractivity contribution in [2.75, 3.05) is 7.05 Å². The lowest BCUT2D eigenvalue weighted by Gasteiger charge is -2.39. The molecule has 0 aliphatic heterocycles. The van der Waals surface area contributed by atoms with E-state index in [1.54, 1.807) is 0 Å². The summed E-state index contributed by atoms with van der Waals surface area (Å²) in [6.07, 6.45) is 2.67. The third-order valence-electron chi connectivity index (χ3n) is 4.35. The van der Waals surface area contributed by atoms with Crippen molar-refractivity contribution in [1.82, 2.24) is 5.32 Å². The molecule has 0 spiro atoms. The smallest absolute Gasteiger partial charge is 0.0274 e. The van der Waals surface area contributed by atoms with Gasteiger partial charge in [-0.1, -0.05) is 31.5 Å². The third kappa shape index (κ3) is 3.55. The molecule has 4 unspecified atom stereocenters. The molecule has 4 atom stereocenters. The molecule has 2 rings (SSSR count). The van der Waals surface area contributed by atoms with Crippen LogP contribution in [0.4, 0.5) is 0 Å². The molecule has 0 bridgehead atoms. The van der Waals surface area contributed by atoms with E-state index >= 15 is 0 Å². The Labute approximate surface area is 122 Å². The highest BCUT2D eigenvalue weighted by molar-refractivity contribution is 8.00. The van der Waals surface area contributed by atoms with Crippen molar-refractivity contribution in [2.24, 2.45) is 11.8 Å². The minimum Gasteiger partial charge on any atom is -0.316 e. The summed E-state index contributed by atoms with van der Waals surface area (Å²) < 4.78 is 0. The van der Waals surface area contributed by atoms with Crippen molar-refractivity contribution in [3.63, 3.8) is 0 Å². The highest BCUT2D eigenvalue weighted by atomic mass is 32.2. The van der Waals surface area contributed by atoms with Crippen molar-refractivity contribution >= 4 is 11.8 Å². The largest absolute Gasteiger partial charge is 0.316 e. The number of hydrogen-bond acceptors (Lipinski definition) is 2. The van der Waals surface area contributed by atoms with Gasteiger partial charge in [-0.15, -0.1) is 11.8 Å². The molecule has 1 fully saturated rings. The Hall–Kier alpha value is -0.470. The Morgan fingerprint density at radius 2 is 1.89 bits per heavy atom. The summed E-state index contributed by atoms with van der Waals surface area (Å²) in [5, 5.41) is 4.24. The van der Waals surface area contributed by atoms with Gasteiger partial charge >= 0.3 is 0 Å². The van der Waals surface area contributed by atoms with Crippen LogP contribution in [0.25, 0.3) is 0 Å². The summed E-state index contributed by atoms with van der Waals surface area (Å²) in [5.41, 5.74) is 2.78. The first-order valence-electron chi connectivity index (χ1n) is 7.42. The SMILES string of the molecule is CNC1CC(C)CC(C)C1Sc1ccc(C)cc1C. The van der Waals surface area contributed by atoms with Crippen LogP contribution in [0.5, 0.6) is 0 Å². The topological polar surface area (TPSA) is 12.0 Å². The molecule has 0 radical (unpaired) electrons. The second kappa shape index (κ2) is 6.32. The van der Waals surface area contributed by atoms with Gasteiger partial charge in [0, 0.05) is 16.2 Å². The number of thioether (sulfide) groups is 1. The van der Waals surface area contributed by atoms with E-state index in [-0.39, 0.29) is 0 Å². The van der Waals surface area contributed by atoms with Gasteiger partial charge in [0.25, 0.3) is 0 Å². The highest BCUT2D eigenvalue weighted by Crippen LogP contribution is 2.40. The molecular formula is C17H27NS. The zero-order valence-electron chi connectivity index (χ0n) is 12.9. The maximum atomic E-state index is 3.55. The number of rotatable bonds is 3. The highest BCUT2D eigenvalue weighted by Gasteiger charge is 2.33. The molecular weight excluding hydrogens is 250 g/mol. The number of hydrogen-bond donors (Lipinski definition) is 1. The van der Waals surface area contributed by atoms with Gasteiger partial charge in [0.1, 0.15) is 0 Å². The van der Waals surface area contributed by atoms with Gasteiger partial charge in [0.2, 0.25) is 0 Å². The molecule has 0 saturated heterocycles. The van der Waals surface area contributed by atoms with Crippen LogP contribution < -0.4 is 5.32 Å². The van der Waals surface area contributed by atoms with Crippen LogP contribution in [0.2, 0.25) is 0 Å². The average Bonchev–Trinajstić information content (AvgIpc) is 2.34. The molecule has 0 aromatic heterocycles. The lowest BCUT2D eigenvalue weighted by Crippen LogP contribution is -2.44. The second-order valence-corrected chi connectivity index (χ2v) is 7.52. The van der Waals surface area contributed by atoms with Crippen LogP contribution in [0.15, 0.2) is 23.1 Å². The van der Waals surface area contributed by atoms with Crippen molar-refractivity contribution in [2.45, 2.75) is 56.7 Å². The Kier molecular flexibility index (Phi) is 4.97. The van der Waals surface area contributed by atoms with E-state index in [1.165, 1.54) is 28.9 Å². The molecule has 19 heavy (non-hydrogen) atoms. The van der Waals surface area contributed by atoms with E-state index in [2.05, 4.69) is 70.0 Å². The van der Waals surface area contributed by atoms with Crippen LogP contribution in [-0.4, -0.2) is 18.3 Å². The minimum absolute atomic E-state index is 0.643. The number of nitrogens with one attached hydrogen (secondary N) is 1. The van der Waals surface area contributed by atoms with Crippen LogP contribution in [0, 0.1) is 25.7 Å². The molecule has 106 valence electrons. The Morgan fingerprint density at radius 3 is 2.53 bits per heavy atom. The predicted molar refractivity (Wildman–Crippen MR) is 86.0 cm³/mol. The molecule has 1 aliphatic rings. The van der Waals surface area contributed by atoms with Crippen LogP contribution in [0.1, 0.15) is 37.8 Å². The summed E-state index contributed by atoms with van der Waals surface area (Å²) in [6, 6.07) is 7.48. The summed E-state index contributed by atoms with van der Waals surface area (Å²) in [7, 11) is 2.12. The van der Waals surface area contributed by atoms with Crippen molar-refractivity contribution in [3.05, 3.63) is 29.3 Å². The predicted octanol–water partition coefficient (Wildman–Crippen LogP) is 4.42. The van der Waals surface area contributed by atoms with Gasteiger partial charge in [-0.2, -0.15) is 0 Å². The van der Waals surface area contributed by atoms with Crippen LogP contribution in [0.3, 0.4) is 0 Å². The molecule has 1 nitrogen and oxygen atoms in total. The van der Waals surface area contributed by atoms with Gasteiger partial charge in [-0.05, 0) is 57.2 Å².